The van der Waals surface area contributed by atoms with Gasteiger partial charge in [-0.15, -0.1) is 0 Å². The van der Waals surface area contributed by atoms with Crippen molar-refractivity contribution in [3.05, 3.63) is 0 Å². The Morgan fingerprint density at radius 2 is 2.18 bits per heavy atom. The Morgan fingerprint density at radius 3 is 2.65 bits per heavy atom. The lowest BCUT2D eigenvalue weighted by Crippen LogP contribution is -2.45. The summed E-state index contributed by atoms with van der Waals surface area (Å²) in [5.74, 6) is 0.625. The summed E-state index contributed by atoms with van der Waals surface area (Å²) >= 11 is 1.74. The van der Waals surface area contributed by atoms with Crippen molar-refractivity contribution in [2.75, 3.05) is 13.1 Å². The maximum absolute atomic E-state index is 11.6. The molecule has 4 nitrogen and oxygen atoms in total. The number of amides is 1. The maximum Gasteiger partial charge on any atom is 0.239 e. The van der Waals surface area contributed by atoms with Crippen LogP contribution in [0.15, 0.2) is 4.99 Å². The van der Waals surface area contributed by atoms with E-state index in [-0.39, 0.29) is 11.4 Å². The smallest absolute Gasteiger partial charge is 0.239 e. The summed E-state index contributed by atoms with van der Waals surface area (Å²) in [6.45, 7) is 11.5. The van der Waals surface area contributed by atoms with Crippen molar-refractivity contribution in [1.29, 1.82) is 0 Å². The Hall–Kier alpha value is -0.710. The fourth-order valence-electron chi connectivity index (χ4n) is 1.45. The third kappa shape index (κ3) is 5.44. The van der Waals surface area contributed by atoms with Crippen LogP contribution in [0.5, 0.6) is 0 Å². The van der Waals surface area contributed by atoms with Gasteiger partial charge in [-0.25, -0.2) is 0 Å². The number of aliphatic imine (C=N–C) groups is 1. The molecule has 1 aliphatic rings. The lowest BCUT2D eigenvalue weighted by Gasteiger charge is -2.20. The first-order valence-electron chi connectivity index (χ1n) is 6.04. The number of amidine groups is 1. The molecule has 2 N–H and O–H groups in total. The maximum atomic E-state index is 11.6. The SMILES string of the molecule is CC(C)C1CN=C(NCC(=O)NC(C)(C)C)S1. The average molecular weight is 257 g/mol. The van der Waals surface area contributed by atoms with Crippen molar-refractivity contribution in [2.45, 2.75) is 45.4 Å². The van der Waals surface area contributed by atoms with E-state index in [9.17, 15) is 4.79 Å². The van der Waals surface area contributed by atoms with Crippen LogP contribution in [-0.4, -0.2) is 35.0 Å². The average Bonchev–Trinajstić information content (AvgIpc) is 2.60. The minimum Gasteiger partial charge on any atom is -0.356 e. The molecule has 0 spiro atoms. The summed E-state index contributed by atoms with van der Waals surface area (Å²) in [6, 6.07) is 0. The monoisotopic (exact) mass is 257 g/mol. The highest BCUT2D eigenvalue weighted by atomic mass is 32.2. The first-order valence-corrected chi connectivity index (χ1v) is 6.92. The van der Waals surface area contributed by atoms with Crippen LogP contribution in [0.1, 0.15) is 34.6 Å². The summed E-state index contributed by atoms with van der Waals surface area (Å²) in [5.41, 5.74) is -0.177. The number of carbonyl (C=O) groups is 1. The summed E-state index contributed by atoms with van der Waals surface area (Å²) in [6.07, 6.45) is 0. The second kappa shape index (κ2) is 5.76. The van der Waals surface area contributed by atoms with Gasteiger partial charge in [0.05, 0.1) is 13.1 Å². The molecule has 1 aliphatic heterocycles. The van der Waals surface area contributed by atoms with E-state index < -0.39 is 0 Å². The Labute approximate surface area is 108 Å². The van der Waals surface area contributed by atoms with E-state index in [0.29, 0.717) is 17.7 Å². The van der Waals surface area contributed by atoms with E-state index in [2.05, 4.69) is 29.5 Å². The van der Waals surface area contributed by atoms with Gasteiger partial charge in [-0.2, -0.15) is 0 Å². The van der Waals surface area contributed by atoms with Gasteiger partial charge in [0, 0.05) is 10.8 Å². The quantitative estimate of drug-likeness (QED) is 0.808. The minimum absolute atomic E-state index is 0.00815. The fourth-order valence-corrected chi connectivity index (χ4v) is 2.47. The zero-order chi connectivity index (χ0) is 13.1. The Morgan fingerprint density at radius 1 is 1.53 bits per heavy atom. The van der Waals surface area contributed by atoms with Crippen LogP contribution < -0.4 is 10.6 Å². The van der Waals surface area contributed by atoms with Crippen LogP contribution in [0.4, 0.5) is 0 Å². The molecule has 98 valence electrons. The lowest BCUT2D eigenvalue weighted by molar-refractivity contribution is -0.121. The third-order valence-corrected chi connectivity index (χ3v) is 3.83. The summed E-state index contributed by atoms with van der Waals surface area (Å²) in [4.78, 5) is 16.0. The van der Waals surface area contributed by atoms with Gasteiger partial charge in [-0.1, -0.05) is 25.6 Å². The highest BCUT2D eigenvalue weighted by Gasteiger charge is 2.23. The van der Waals surface area contributed by atoms with Crippen molar-refractivity contribution in [3.63, 3.8) is 0 Å². The summed E-state index contributed by atoms with van der Waals surface area (Å²) in [5, 5.41) is 7.44. The summed E-state index contributed by atoms with van der Waals surface area (Å²) in [7, 11) is 0. The number of nitrogens with one attached hydrogen (secondary N) is 2. The molecule has 1 atom stereocenters. The predicted octanol–water partition coefficient (Wildman–Crippen LogP) is 1.62. The van der Waals surface area contributed by atoms with Crippen LogP contribution in [0.3, 0.4) is 0 Å². The zero-order valence-corrected chi connectivity index (χ0v) is 12.1. The molecule has 5 heteroatoms. The van der Waals surface area contributed by atoms with Gasteiger partial charge in [0.15, 0.2) is 5.17 Å². The Balaban J connectivity index is 2.27. The molecule has 0 saturated carbocycles. The summed E-state index contributed by atoms with van der Waals surface area (Å²) < 4.78 is 0. The van der Waals surface area contributed by atoms with Crippen molar-refractivity contribution in [3.8, 4) is 0 Å². The number of rotatable bonds is 3. The second-order valence-corrected chi connectivity index (χ2v) is 6.93. The van der Waals surface area contributed by atoms with E-state index in [4.69, 9.17) is 0 Å². The number of hydrogen-bond acceptors (Lipinski definition) is 4. The van der Waals surface area contributed by atoms with Gasteiger partial charge in [-0.05, 0) is 26.7 Å². The van der Waals surface area contributed by atoms with Crippen molar-refractivity contribution in [2.24, 2.45) is 10.9 Å². The van der Waals surface area contributed by atoms with E-state index in [1.165, 1.54) is 0 Å². The second-order valence-electron chi connectivity index (χ2n) is 5.70. The highest BCUT2D eigenvalue weighted by Crippen LogP contribution is 2.25. The van der Waals surface area contributed by atoms with Crippen LogP contribution in [0.2, 0.25) is 0 Å². The molecule has 0 aliphatic carbocycles. The number of nitrogens with zero attached hydrogens (tertiary/aromatic N) is 1. The largest absolute Gasteiger partial charge is 0.356 e. The van der Waals surface area contributed by atoms with Crippen LogP contribution in [0, 0.1) is 5.92 Å². The van der Waals surface area contributed by atoms with Gasteiger partial charge in [-0.3, -0.25) is 9.79 Å². The van der Waals surface area contributed by atoms with Gasteiger partial charge < -0.3 is 10.6 Å². The van der Waals surface area contributed by atoms with E-state index in [0.717, 1.165) is 11.7 Å². The van der Waals surface area contributed by atoms with Crippen molar-refractivity contribution < 1.29 is 4.79 Å². The zero-order valence-electron chi connectivity index (χ0n) is 11.3. The molecule has 1 amide bonds. The first kappa shape index (κ1) is 14.4. The Bertz CT molecular complexity index is 307. The molecule has 0 aromatic carbocycles. The molecule has 0 saturated heterocycles. The van der Waals surface area contributed by atoms with Crippen LogP contribution >= 0.6 is 11.8 Å². The van der Waals surface area contributed by atoms with Gasteiger partial charge in [0.2, 0.25) is 5.91 Å². The van der Waals surface area contributed by atoms with Gasteiger partial charge in [0.25, 0.3) is 0 Å². The molecule has 1 heterocycles. The van der Waals surface area contributed by atoms with Crippen molar-refractivity contribution >= 4 is 22.8 Å². The van der Waals surface area contributed by atoms with Crippen molar-refractivity contribution in [1.82, 2.24) is 10.6 Å². The molecule has 0 aromatic rings. The number of hydrogen-bond donors (Lipinski definition) is 2. The number of thioether (sulfide) groups is 1. The molecule has 1 unspecified atom stereocenters. The normalized spacial score (nSPS) is 20.4. The van der Waals surface area contributed by atoms with E-state index in [1.807, 2.05) is 20.8 Å². The molecule has 0 aromatic heterocycles. The molecule has 0 fully saturated rings. The first-order chi connectivity index (χ1) is 7.78. The van der Waals surface area contributed by atoms with Gasteiger partial charge >= 0.3 is 0 Å². The molecule has 1 rings (SSSR count). The highest BCUT2D eigenvalue weighted by molar-refractivity contribution is 8.14. The van der Waals surface area contributed by atoms with E-state index >= 15 is 0 Å². The fraction of sp³-hybridized carbons (Fsp3) is 0.833. The van der Waals surface area contributed by atoms with E-state index in [1.54, 1.807) is 11.8 Å². The molecule has 17 heavy (non-hydrogen) atoms. The molecular formula is C12H23N3OS. The third-order valence-electron chi connectivity index (χ3n) is 2.34. The van der Waals surface area contributed by atoms with Gasteiger partial charge in [0.1, 0.15) is 0 Å². The molecule has 0 radical (unpaired) electrons. The number of carbonyl (C=O) groups excluding carboxylic acids is 1. The van der Waals surface area contributed by atoms with Crippen LogP contribution in [0.25, 0.3) is 0 Å². The molecular weight excluding hydrogens is 234 g/mol. The van der Waals surface area contributed by atoms with Crippen LogP contribution in [-0.2, 0) is 4.79 Å². The Kier molecular flexibility index (Phi) is 4.86. The standard InChI is InChI=1S/C12H23N3OS/c1-8(2)9-6-13-11(17-9)14-7-10(16)15-12(3,4)5/h8-9H,6-7H2,1-5H3,(H,13,14)(H,15,16). The lowest BCUT2D eigenvalue weighted by atomic mass is 10.1. The molecule has 0 bridgehead atoms. The topological polar surface area (TPSA) is 53.5 Å². The minimum atomic E-state index is -0.177. The predicted molar refractivity (Wildman–Crippen MR) is 74.4 cm³/mol.